The van der Waals surface area contributed by atoms with Crippen molar-refractivity contribution in [3.05, 3.63) is 23.1 Å². The molecule has 0 aliphatic rings. The van der Waals surface area contributed by atoms with Crippen molar-refractivity contribution in [3.63, 3.8) is 0 Å². The molecule has 1 aromatic rings. The molecule has 3 nitrogen and oxygen atoms in total. The van der Waals surface area contributed by atoms with E-state index in [-0.39, 0.29) is 16.9 Å². The van der Waals surface area contributed by atoms with Gasteiger partial charge in [-0.25, -0.2) is 0 Å². The topological polar surface area (TPSA) is 42.2 Å². The highest BCUT2D eigenvalue weighted by atomic mass is 35.5. The van der Waals surface area contributed by atoms with Crippen LogP contribution in [0.5, 0.6) is 0 Å². The van der Waals surface area contributed by atoms with E-state index >= 15 is 0 Å². The minimum atomic E-state index is -0.219. The molecule has 0 unspecified atom stereocenters. The van der Waals surface area contributed by atoms with Gasteiger partial charge in [0.25, 0.3) is 5.91 Å². The van der Waals surface area contributed by atoms with Crippen LogP contribution in [0.3, 0.4) is 0 Å². The second-order valence-electron chi connectivity index (χ2n) is 2.36. The summed E-state index contributed by atoms with van der Waals surface area (Å²) < 4.78 is 4.90. The molecule has 1 amide bonds. The first-order valence-electron chi connectivity index (χ1n) is 3.77. The van der Waals surface area contributed by atoms with E-state index in [1.165, 1.54) is 0 Å². The van der Waals surface area contributed by atoms with Crippen molar-refractivity contribution >= 4 is 17.5 Å². The Morgan fingerprint density at radius 2 is 2.42 bits per heavy atom. The molecule has 66 valence electrons. The SMILES string of the molecule is CCCNC(=O)c1ccc(Cl)o1. The third-order valence-electron chi connectivity index (χ3n) is 1.33. The van der Waals surface area contributed by atoms with Crippen molar-refractivity contribution in [2.75, 3.05) is 6.54 Å². The summed E-state index contributed by atoms with van der Waals surface area (Å²) in [6.07, 6.45) is 0.903. The van der Waals surface area contributed by atoms with E-state index in [4.69, 9.17) is 16.0 Å². The van der Waals surface area contributed by atoms with Crippen LogP contribution in [-0.2, 0) is 0 Å². The van der Waals surface area contributed by atoms with Gasteiger partial charge in [-0.1, -0.05) is 6.92 Å². The minimum absolute atomic E-state index is 0.219. The van der Waals surface area contributed by atoms with Gasteiger partial charge in [-0.3, -0.25) is 4.79 Å². The average Bonchev–Trinajstić information content (AvgIpc) is 2.47. The highest BCUT2D eigenvalue weighted by Crippen LogP contribution is 2.12. The molecule has 0 radical (unpaired) electrons. The predicted octanol–water partition coefficient (Wildman–Crippen LogP) is 2.07. The molecule has 0 atom stereocenters. The van der Waals surface area contributed by atoms with Crippen molar-refractivity contribution < 1.29 is 9.21 Å². The van der Waals surface area contributed by atoms with E-state index in [1.807, 2.05) is 6.92 Å². The largest absolute Gasteiger partial charge is 0.440 e. The van der Waals surface area contributed by atoms with Crippen LogP contribution in [0.2, 0.25) is 5.22 Å². The maximum Gasteiger partial charge on any atom is 0.287 e. The van der Waals surface area contributed by atoms with Crippen LogP contribution in [0.15, 0.2) is 16.5 Å². The van der Waals surface area contributed by atoms with Crippen molar-refractivity contribution in [3.8, 4) is 0 Å². The lowest BCUT2D eigenvalue weighted by molar-refractivity contribution is 0.0926. The number of carbonyl (C=O) groups excluding carboxylic acids is 1. The van der Waals surface area contributed by atoms with Crippen LogP contribution >= 0.6 is 11.6 Å². The summed E-state index contributed by atoms with van der Waals surface area (Å²) in [5.74, 6) is 0.0391. The number of rotatable bonds is 3. The molecule has 0 saturated heterocycles. The lowest BCUT2D eigenvalue weighted by Crippen LogP contribution is -2.23. The molecule has 1 heterocycles. The van der Waals surface area contributed by atoms with E-state index in [9.17, 15) is 4.79 Å². The van der Waals surface area contributed by atoms with Gasteiger partial charge in [-0.15, -0.1) is 0 Å². The molecular weight excluding hydrogens is 178 g/mol. The van der Waals surface area contributed by atoms with Crippen LogP contribution in [0, 0.1) is 0 Å². The van der Waals surface area contributed by atoms with Gasteiger partial charge >= 0.3 is 0 Å². The molecule has 0 aliphatic carbocycles. The van der Waals surface area contributed by atoms with Crippen LogP contribution in [0.4, 0.5) is 0 Å². The summed E-state index contributed by atoms with van der Waals surface area (Å²) in [7, 11) is 0. The van der Waals surface area contributed by atoms with Gasteiger partial charge in [0.15, 0.2) is 11.0 Å². The van der Waals surface area contributed by atoms with E-state index < -0.39 is 0 Å². The number of halogens is 1. The fourth-order valence-corrected chi connectivity index (χ4v) is 0.908. The molecular formula is C8H10ClNO2. The van der Waals surface area contributed by atoms with Crippen molar-refractivity contribution in [2.24, 2.45) is 0 Å². The summed E-state index contributed by atoms with van der Waals surface area (Å²) in [5, 5.41) is 2.90. The molecule has 0 aromatic carbocycles. The first kappa shape index (κ1) is 9.13. The predicted molar refractivity (Wildman–Crippen MR) is 46.3 cm³/mol. The Morgan fingerprint density at radius 3 is 2.92 bits per heavy atom. The molecule has 1 aromatic heterocycles. The maximum atomic E-state index is 11.2. The third-order valence-corrected chi connectivity index (χ3v) is 1.54. The van der Waals surface area contributed by atoms with Crippen LogP contribution in [0.1, 0.15) is 23.9 Å². The number of hydrogen-bond donors (Lipinski definition) is 1. The number of furan rings is 1. The summed E-state index contributed by atoms with van der Waals surface area (Å²) in [6.45, 7) is 2.63. The number of nitrogens with one attached hydrogen (secondary N) is 1. The van der Waals surface area contributed by atoms with Gasteiger partial charge in [0.1, 0.15) is 0 Å². The summed E-state index contributed by atoms with van der Waals surface area (Å²) in [5.41, 5.74) is 0. The van der Waals surface area contributed by atoms with Gasteiger partial charge in [0.2, 0.25) is 0 Å². The molecule has 1 N–H and O–H groups in total. The first-order valence-corrected chi connectivity index (χ1v) is 4.15. The van der Waals surface area contributed by atoms with Gasteiger partial charge in [0, 0.05) is 6.54 Å². The quantitative estimate of drug-likeness (QED) is 0.787. The van der Waals surface area contributed by atoms with Crippen molar-refractivity contribution in [1.29, 1.82) is 0 Å². The molecule has 4 heteroatoms. The van der Waals surface area contributed by atoms with E-state index in [0.29, 0.717) is 6.54 Å². The van der Waals surface area contributed by atoms with Crippen LogP contribution in [0.25, 0.3) is 0 Å². The minimum Gasteiger partial charge on any atom is -0.440 e. The highest BCUT2D eigenvalue weighted by molar-refractivity contribution is 6.29. The number of hydrogen-bond acceptors (Lipinski definition) is 2. The zero-order valence-electron chi connectivity index (χ0n) is 6.76. The first-order chi connectivity index (χ1) is 5.74. The zero-order valence-corrected chi connectivity index (χ0v) is 7.52. The Bertz CT molecular complexity index is 270. The monoisotopic (exact) mass is 187 g/mol. The van der Waals surface area contributed by atoms with Gasteiger partial charge < -0.3 is 9.73 Å². The second kappa shape index (κ2) is 4.16. The standard InChI is InChI=1S/C8H10ClNO2/c1-2-5-10-8(11)6-3-4-7(9)12-6/h3-4H,2,5H2,1H3,(H,10,11). The number of carbonyl (C=O) groups is 1. The Hall–Kier alpha value is -0.960. The molecule has 0 aliphatic heterocycles. The fraction of sp³-hybridized carbons (Fsp3) is 0.375. The smallest absolute Gasteiger partial charge is 0.287 e. The molecule has 12 heavy (non-hydrogen) atoms. The average molecular weight is 188 g/mol. The zero-order chi connectivity index (χ0) is 8.97. The lowest BCUT2D eigenvalue weighted by atomic mass is 10.4. The normalized spacial score (nSPS) is 9.83. The van der Waals surface area contributed by atoms with Crippen LogP contribution < -0.4 is 5.32 Å². The Morgan fingerprint density at radius 1 is 1.67 bits per heavy atom. The highest BCUT2D eigenvalue weighted by Gasteiger charge is 2.08. The lowest BCUT2D eigenvalue weighted by Gasteiger charge is -1.98. The summed E-state index contributed by atoms with van der Waals surface area (Å²) in [4.78, 5) is 11.2. The summed E-state index contributed by atoms with van der Waals surface area (Å²) >= 11 is 5.49. The van der Waals surface area contributed by atoms with Gasteiger partial charge in [0.05, 0.1) is 0 Å². The molecule has 0 bridgehead atoms. The molecule has 0 fully saturated rings. The maximum absolute atomic E-state index is 11.2. The third kappa shape index (κ3) is 2.27. The number of amides is 1. The van der Waals surface area contributed by atoms with E-state index in [0.717, 1.165) is 6.42 Å². The Balaban J connectivity index is 2.53. The fourth-order valence-electron chi connectivity index (χ4n) is 0.762. The van der Waals surface area contributed by atoms with E-state index in [1.54, 1.807) is 12.1 Å². The van der Waals surface area contributed by atoms with Crippen molar-refractivity contribution in [1.82, 2.24) is 5.32 Å². The van der Waals surface area contributed by atoms with Gasteiger partial charge in [-0.05, 0) is 30.2 Å². The molecule has 1 rings (SSSR count). The van der Waals surface area contributed by atoms with E-state index in [2.05, 4.69) is 5.32 Å². The van der Waals surface area contributed by atoms with Crippen molar-refractivity contribution in [2.45, 2.75) is 13.3 Å². The molecule has 0 saturated carbocycles. The Labute approximate surface area is 75.7 Å². The second-order valence-corrected chi connectivity index (χ2v) is 2.73. The Kier molecular flexibility index (Phi) is 3.17. The summed E-state index contributed by atoms with van der Waals surface area (Å²) in [6, 6.07) is 3.09. The molecule has 0 spiro atoms. The van der Waals surface area contributed by atoms with Crippen LogP contribution in [-0.4, -0.2) is 12.5 Å². The van der Waals surface area contributed by atoms with Gasteiger partial charge in [-0.2, -0.15) is 0 Å².